The highest BCUT2D eigenvalue weighted by molar-refractivity contribution is 9.10. The van der Waals surface area contributed by atoms with Crippen LogP contribution in [0.4, 0.5) is 10.2 Å². The van der Waals surface area contributed by atoms with Gasteiger partial charge in [-0.3, -0.25) is 9.78 Å². The number of benzene rings is 1. The minimum absolute atomic E-state index is 0.0920. The van der Waals surface area contributed by atoms with Crippen molar-refractivity contribution in [2.24, 2.45) is 0 Å². The van der Waals surface area contributed by atoms with E-state index in [-0.39, 0.29) is 18.1 Å². The van der Waals surface area contributed by atoms with E-state index in [1.54, 1.807) is 43.3 Å². The van der Waals surface area contributed by atoms with E-state index in [9.17, 15) is 9.18 Å². The first kappa shape index (κ1) is 22.5. The van der Waals surface area contributed by atoms with Crippen LogP contribution in [-0.2, 0) is 6.54 Å². The Bertz CT molecular complexity index is 1320. The van der Waals surface area contributed by atoms with Gasteiger partial charge in [0.2, 0.25) is 5.88 Å². The van der Waals surface area contributed by atoms with Gasteiger partial charge in [0.05, 0.1) is 41.1 Å². The second kappa shape index (κ2) is 9.45. The highest BCUT2D eigenvalue weighted by atomic mass is 79.9. The molecule has 0 fully saturated rings. The molecule has 4 aromatic rings. The maximum atomic E-state index is 14.5. The summed E-state index contributed by atoms with van der Waals surface area (Å²) in [6.45, 7) is 1.81. The van der Waals surface area contributed by atoms with E-state index in [1.807, 2.05) is 0 Å². The lowest BCUT2D eigenvalue weighted by Gasteiger charge is -2.29. The van der Waals surface area contributed by atoms with E-state index < -0.39 is 11.9 Å². The molecule has 1 atom stereocenters. The molecule has 1 amide bonds. The topological polar surface area (TPSA) is 107 Å². The largest absolute Gasteiger partial charge is 0.480 e. The van der Waals surface area contributed by atoms with Crippen LogP contribution in [0.2, 0.25) is 0 Å². The van der Waals surface area contributed by atoms with Crippen LogP contribution in [0.3, 0.4) is 0 Å². The highest BCUT2D eigenvalue weighted by Gasteiger charge is 2.27. The van der Waals surface area contributed by atoms with E-state index in [1.165, 1.54) is 30.3 Å². The second-order valence-corrected chi connectivity index (χ2v) is 8.16. The number of nitrogens with two attached hydrogens (primary N) is 1. The van der Waals surface area contributed by atoms with Gasteiger partial charge in [-0.1, -0.05) is 0 Å². The summed E-state index contributed by atoms with van der Waals surface area (Å²) in [6.07, 6.45) is 1.49. The van der Waals surface area contributed by atoms with E-state index in [2.05, 4.69) is 36.1 Å². The number of anilines is 1. The second-order valence-electron chi connectivity index (χ2n) is 7.31. The van der Waals surface area contributed by atoms with Gasteiger partial charge in [-0.05, 0) is 65.3 Å². The van der Waals surface area contributed by atoms with Gasteiger partial charge in [-0.2, -0.15) is 5.10 Å². The Morgan fingerprint density at radius 3 is 2.73 bits per heavy atom. The number of hydrogen-bond donors (Lipinski definition) is 1. The average Bonchev–Trinajstić information content (AvgIpc) is 2.83. The van der Waals surface area contributed by atoms with Crippen molar-refractivity contribution >= 4 is 38.6 Å². The number of carbonyl (C=O) groups excluding carboxylic acids is 1. The van der Waals surface area contributed by atoms with Gasteiger partial charge in [-0.15, -0.1) is 5.10 Å². The monoisotopic (exact) mass is 510 g/mol. The Balaban J connectivity index is 1.74. The summed E-state index contributed by atoms with van der Waals surface area (Å²) in [7, 11) is 1.49. The molecule has 0 bridgehead atoms. The summed E-state index contributed by atoms with van der Waals surface area (Å²) in [4.78, 5) is 23.6. The number of rotatable bonds is 6. The minimum atomic E-state index is -0.672. The molecule has 0 aliphatic carbocycles. The van der Waals surface area contributed by atoms with Crippen LogP contribution < -0.4 is 10.5 Å². The molecule has 0 radical (unpaired) electrons. The molecule has 2 N–H and O–H groups in total. The number of halogens is 2. The number of nitrogens with zero attached hydrogens (tertiary/aromatic N) is 5. The van der Waals surface area contributed by atoms with E-state index in [0.717, 1.165) is 5.39 Å². The first-order valence-electron chi connectivity index (χ1n) is 10.0. The number of methoxy groups -OCH3 is 1. The van der Waals surface area contributed by atoms with Crippen LogP contribution in [0.1, 0.15) is 34.7 Å². The molecule has 1 aromatic carbocycles. The predicted molar refractivity (Wildman–Crippen MR) is 125 cm³/mol. The van der Waals surface area contributed by atoms with Crippen LogP contribution >= 0.6 is 15.9 Å². The van der Waals surface area contributed by atoms with Gasteiger partial charge in [0.1, 0.15) is 11.6 Å². The summed E-state index contributed by atoms with van der Waals surface area (Å²) in [5, 5.41) is 8.83. The first-order valence-corrected chi connectivity index (χ1v) is 10.8. The molecular weight excluding hydrogens is 491 g/mol. The number of aromatic nitrogens is 4. The van der Waals surface area contributed by atoms with Crippen LogP contribution in [-0.4, -0.2) is 38.1 Å². The Kier molecular flexibility index (Phi) is 6.45. The number of amides is 1. The lowest BCUT2D eigenvalue weighted by Crippen LogP contribution is -2.34. The molecule has 3 heterocycles. The fraction of sp³-hybridized carbons (Fsp3) is 0.174. The summed E-state index contributed by atoms with van der Waals surface area (Å²) < 4.78 is 20.2. The third-order valence-corrected chi connectivity index (χ3v) is 5.83. The van der Waals surface area contributed by atoms with Crippen molar-refractivity contribution in [3.05, 3.63) is 82.0 Å². The number of fused-ring (bicyclic) bond motifs is 1. The molecule has 8 nitrogen and oxygen atoms in total. The van der Waals surface area contributed by atoms with Crippen LogP contribution in [0.25, 0.3) is 10.9 Å². The zero-order chi connectivity index (χ0) is 23.5. The van der Waals surface area contributed by atoms with Gasteiger partial charge in [0, 0.05) is 23.2 Å². The van der Waals surface area contributed by atoms with Crippen molar-refractivity contribution in [1.29, 1.82) is 0 Å². The van der Waals surface area contributed by atoms with Crippen molar-refractivity contribution in [2.45, 2.75) is 19.5 Å². The Morgan fingerprint density at radius 2 is 2.03 bits per heavy atom. The van der Waals surface area contributed by atoms with Gasteiger partial charge in [0.15, 0.2) is 0 Å². The number of pyridine rings is 2. The summed E-state index contributed by atoms with van der Waals surface area (Å²) in [6, 6.07) is 12.4. The highest BCUT2D eigenvalue weighted by Crippen LogP contribution is 2.28. The maximum absolute atomic E-state index is 14.5. The molecule has 0 spiro atoms. The zero-order valence-electron chi connectivity index (χ0n) is 17.9. The molecule has 0 aliphatic rings. The van der Waals surface area contributed by atoms with Gasteiger partial charge < -0.3 is 15.4 Å². The van der Waals surface area contributed by atoms with Gasteiger partial charge in [0.25, 0.3) is 5.91 Å². The molecule has 1 unspecified atom stereocenters. The minimum Gasteiger partial charge on any atom is -0.480 e. The SMILES string of the molecule is COc1ccc(CN(C(=O)c2ccc3nc(N)c(Br)cc3c2)C(C)c2ncccc2F)nn1. The normalized spacial score (nSPS) is 11.9. The zero-order valence-corrected chi connectivity index (χ0v) is 19.5. The predicted octanol–water partition coefficient (Wildman–Crippen LogP) is 4.32. The third kappa shape index (κ3) is 4.75. The quantitative estimate of drug-likeness (QED) is 0.411. The van der Waals surface area contributed by atoms with Crippen LogP contribution in [0.5, 0.6) is 5.88 Å². The lowest BCUT2D eigenvalue weighted by molar-refractivity contribution is 0.0664. The molecule has 0 saturated heterocycles. The first-order chi connectivity index (χ1) is 15.9. The Morgan fingerprint density at radius 1 is 1.21 bits per heavy atom. The Hall–Kier alpha value is -3.66. The number of ether oxygens (including phenoxy) is 1. The summed E-state index contributed by atoms with van der Waals surface area (Å²) in [5.41, 5.74) is 7.60. The number of hydrogen-bond acceptors (Lipinski definition) is 7. The van der Waals surface area contributed by atoms with Crippen LogP contribution in [0, 0.1) is 5.82 Å². The Labute approximate surface area is 197 Å². The standard InChI is InChI=1S/C23H20BrFN6O2/c1-13(21-18(25)4-3-9-27-21)31(12-16-6-8-20(33-2)30-29-16)23(32)14-5-7-19-15(10-14)11-17(24)22(26)28-19/h3-11,13H,12H2,1-2H3,(H2,26,28). The lowest BCUT2D eigenvalue weighted by atomic mass is 10.1. The van der Waals surface area contributed by atoms with Gasteiger partial charge >= 0.3 is 0 Å². The molecule has 0 saturated carbocycles. The average molecular weight is 511 g/mol. The molecule has 4 rings (SSSR count). The van der Waals surface area contributed by atoms with Crippen molar-refractivity contribution in [3.63, 3.8) is 0 Å². The fourth-order valence-electron chi connectivity index (χ4n) is 3.42. The van der Waals surface area contributed by atoms with E-state index in [4.69, 9.17) is 10.5 Å². The maximum Gasteiger partial charge on any atom is 0.254 e. The van der Waals surface area contributed by atoms with Crippen LogP contribution in [0.15, 0.2) is 59.2 Å². The van der Waals surface area contributed by atoms with Gasteiger partial charge in [-0.25, -0.2) is 9.37 Å². The third-order valence-electron chi connectivity index (χ3n) is 5.19. The number of carbonyl (C=O) groups is 1. The number of nitrogen functional groups attached to an aromatic ring is 1. The van der Waals surface area contributed by atoms with Crippen molar-refractivity contribution in [1.82, 2.24) is 25.1 Å². The molecular formula is C23H20BrFN6O2. The molecule has 168 valence electrons. The summed E-state index contributed by atoms with van der Waals surface area (Å²) >= 11 is 3.37. The smallest absolute Gasteiger partial charge is 0.254 e. The molecule has 0 aliphatic heterocycles. The molecule has 10 heteroatoms. The van der Waals surface area contributed by atoms with Crippen molar-refractivity contribution in [3.8, 4) is 5.88 Å². The van der Waals surface area contributed by atoms with E-state index in [0.29, 0.717) is 32.9 Å². The van der Waals surface area contributed by atoms with E-state index >= 15 is 0 Å². The fourth-order valence-corrected chi connectivity index (χ4v) is 3.75. The molecule has 3 aromatic heterocycles. The molecule has 33 heavy (non-hydrogen) atoms. The summed E-state index contributed by atoms with van der Waals surface area (Å²) in [5.74, 6) is -0.0985. The van der Waals surface area contributed by atoms with Crippen molar-refractivity contribution in [2.75, 3.05) is 12.8 Å². The van der Waals surface area contributed by atoms with Crippen molar-refractivity contribution < 1.29 is 13.9 Å².